The van der Waals surface area contributed by atoms with Crippen LogP contribution in [0.1, 0.15) is 384 Å². The van der Waals surface area contributed by atoms with Crippen molar-refractivity contribution in [3.8, 4) is 0 Å². The topological polar surface area (TPSA) is 213 Å². The van der Waals surface area contributed by atoms with Gasteiger partial charge in [0.05, 0.1) is 41.2 Å². The lowest BCUT2D eigenvalue weighted by Crippen LogP contribution is -2.53. The largest absolute Gasteiger partial charge is 0.392 e. The molecule has 6 N–H and O–H groups in total. The zero-order valence-electron chi connectivity index (χ0n) is 85.0. The third-order valence-corrected chi connectivity index (χ3v) is 47.9. The molecule has 0 aromatic carbocycles. The van der Waals surface area contributed by atoms with Gasteiger partial charge in [-0.3, -0.25) is 33.8 Å². The van der Waals surface area contributed by atoms with E-state index in [-0.39, 0.29) is 52.1 Å². The predicted molar refractivity (Wildman–Crippen MR) is 532 cm³/mol. The molecule has 132 heavy (non-hydrogen) atoms. The molecule has 14 heteroatoms. The van der Waals surface area contributed by atoms with Crippen molar-refractivity contribution >= 4 is 44.8 Å². The molecular weight excluding hydrogens is 1700 g/mol. The molecule has 13 nitrogen and oxygen atoms in total. The molecule has 2 heterocycles. The fourth-order valence-corrected chi connectivity index (χ4v) is 41.3. The molecule has 0 bridgehead atoms. The lowest BCUT2D eigenvalue weighted by Gasteiger charge is -2.57. The molecule has 22 rings (SSSR count). The van der Waals surface area contributed by atoms with Crippen LogP contribution in [-0.2, 0) is 24.0 Å². The quantitative estimate of drug-likeness (QED) is 0.0840. The monoisotopic (exact) mass is 1890 g/mol. The van der Waals surface area contributed by atoms with Crippen LogP contribution in [0.25, 0.3) is 0 Å². The van der Waals surface area contributed by atoms with E-state index >= 15 is 0 Å². The minimum Gasteiger partial charge on any atom is -0.392 e. The Balaban J connectivity index is 0.000000111. The molecule has 22 fully saturated rings. The molecule has 20 aliphatic carbocycles. The van der Waals surface area contributed by atoms with Crippen LogP contribution in [0.2, 0.25) is 0 Å². The molecular formula is C118H187BrN2O11. The number of carbonyl (C=O) groups excluding carboxylic acids is 5. The first-order valence-electron chi connectivity index (χ1n) is 56.4. The third kappa shape index (κ3) is 18.9. The Labute approximate surface area is 808 Å². The molecule has 0 spiro atoms. The Morgan fingerprint density at radius 3 is 0.939 bits per heavy atom. The number of allylic oxidation sites excluding steroid dienone is 1. The molecule has 742 valence electrons. The molecule has 40 atom stereocenters. The summed E-state index contributed by atoms with van der Waals surface area (Å²) < 4.78 is 0. The summed E-state index contributed by atoms with van der Waals surface area (Å²) in [6, 6.07) is 0. The number of likely N-dealkylation sites (tertiary alicyclic amines) is 2. The Bertz CT molecular complexity index is 3980. The van der Waals surface area contributed by atoms with Crippen LogP contribution < -0.4 is 0 Å². The smallest absolute Gasteiger partial charge is 0.150 e. The van der Waals surface area contributed by atoms with Crippen molar-refractivity contribution in [2.75, 3.05) is 51.2 Å². The molecule has 0 radical (unpaired) electrons. The summed E-state index contributed by atoms with van der Waals surface area (Å²) in [6.45, 7) is 44.0. The number of hydrogen-bond acceptors (Lipinski definition) is 13. The van der Waals surface area contributed by atoms with Gasteiger partial charge < -0.3 is 30.6 Å². The van der Waals surface area contributed by atoms with E-state index in [9.17, 15) is 54.6 Å². The standard InChI is InChI=1S/C27H45NO.C26H43NO2.C22H33BrO2.C22H34O3.C21H32O3/c1-19(18-28-15-5-4-6-16-28)24-9-10-25-23-8-7-20-17-26(2,29)13-11-21(20)22(23)12-14-27(24,25)3;1-25(29)12-10-19-18(16-25)6-7-21-20(19)11-13-26(2)22(21)8-9-23(26)24(28)17-27-14-4-3-5-15-27;2*1-13(12-23)18-4-5-19-16-10-20(24)17-11-21(2,25)8-6-15(17)14(16)7-9-22(18,19)3;1-12(22)17-4-5-18-15-10-19(23)16-11-20(2,24)8-6-14(16)13(15)7-9-21(17,18)3/h20-25,29H,1,4-18H2,2-3H3;18-23,29H,3-17H2,1-2H3;14-19,25H,1,4-12H2,2-3H3;14-19,23,25H,1,4-12H2,2-3H3;13-18,24H,4-11H2,1-3H3/t20-,21-,22+,23+,24+,25-,26+,27+;18-,19-,20+,21+,22-,23+,25+,26-;2*14-,15-,16-,17+,18-,19+,21-,22-;13-,14-,15-,16+,17-,18+,20-,21-/m00111/s1. The van der Waals surface area contributed by atoms with Gasteiger partial charge >= 0.3 is 0 Å². The number of ketones is 5. The summed E-state index contributed by atoms with van der Waals surface area (Å²) in [5.41, 5.74) is 2.66. The third-order valence-electron chi connectivity index (χ3n) is 47.2. The van der Waals surface area contributed by atoms with Gasteiger partial charge in [-0.05, 0) is 524 Å². The fourth-order valence-electron chi connectivity index (χ4n) is 40.9. The number of aliphatic hydroxyl groups excluding tert-OH is 1. The maximum atomic E-state index is 13.4. The number of nitrogens with zero attached hydrogens (tertiary/aromatic N) is 2. The number of halogens is 1. The van der Waals surface area contributed by atoms with Crippen LogP contribution in [0.15, 0.2) is 36.5 Å². The van der Waals surface area contributed by atoms with Crippen molar-refractivity contribution in [3.05, 3.63) is 36.5 Å². The number of fused-ring (bicyclic) bond motifs is 25. The fraction of sp³-hybridized carbons (Fsp3) is 0.907. The molecule has 2 saturated heterocycles. The Hall–Kier alpha value is -2.27. The van der Waals surface area contributed by atoms with Crippen molar-refractivity contribution < 1.29 is 54.6 Å². The van der Waals surface area contributed by atoms with Crippen LogP contribution in [0, 0.1) is 205 Å². The van der Waals surface area contributed by atoms with E-state index < -0.39 is 22.4 Å². The second kappa shape index (κ2) is 38.4. The summed E-state index contributed by atoms with van der Waals surface area (Å²) in [4.78, 5) is 69.5. The first-order chi connectivity index (χ1) is 62.5. The highest BCUT2D eigenvalue weighted by molar-refractivity contribution is 9.09. The van der Waals surface area contributed by atoms with Gasteiger partial charge in [0.1, 0.15) is 28.9 Å². The van der Waals surface area contributed by atoms with Crippen molar-refractivity contribution in [2.45, 2.75) is 412 Å². The SMILES string of the molecule is C=C(CBr)[C@H]1CC[C@H]2[C@@H]3CC(=O)[C@H]4C[C@](C)(O)CC[C@@H]4[C@H]3CC[C@]12C.C=C(CN1CCCCC1)[C@H]1CC[C@H]2[C@@H]3CC[C@H]4C[C@](C)(O)CC[C@@H]4[C@H]3CC[C@]12C.C=C(CO)[C@H]1CC[C@H]2[C@@H]3CC(=O)[C@H]4C[C@](C)(O)CC[C@@H]4[C@H]3CC[C@]12C.CC(=O)[C@H]1CC[C@H]2[C@@H]3CC(=O)[C@H]4C[C@](C)(O)CC[C@@H]4[C@H]3CC[C@]12C.C[C@@]1(O)CC[C@H]2[C@@H](CC[C@@H]3[C@@H]2CC[C@]2(C)[C@@H](C(=O)CN4CCCCC4)CC[C@@H]32)C1. The highest BCUT2D eigenvalue weighted by atomic mass is 79.9. The maximum absolute atomic E-state index is 13.4. The van der Waals surface area contributed by atoms with Gasteiger partial charge in [-0.25, -0.2) is 0 Å². The minimum atomic E-state index is -0.653. The van der Waals surface area contributed by atoms with Crippen molar-refractivity contribution in [1.82, 2.24) is 9.80 Å². The van der Waals surface area contributed by atoms with Gasteiger partial charge in [0.25, 0.3) is 0 Å². The number of Topliss-reactive ketones (excluding diaryl/α,β-unsaturated/α-hetero) is 5. The van der Waals surface area contributed by atoms with Gasteiger partial charge in [0.2, 0.25) is 0 Å². The van der Waals surface area contributed by atoms with Crippen LogP contribution in [0.4, 0.5) is 0 Å². The van der Waals surface area contributed by atoms with Gasteiger partial charge in [0.15, 0.2) is 0 Å². The van der Waals surface area contributed by atoms with Gasteiger partial charge in [-0.15, -0.1) is 0 Å². The molecule has 0 aromatic heterocycles. The highest BCUT2D eigenvalue weighted by Gasteiger charge is 2.67. The highest BCUT2D eigenvalue weighted by Crippen LogP contribution is 2.72. The first kappa shape index (κ1) is 99.9. The number of piperidine rings is 2. The summed E-state index contributed by atoms with van der Waals surface area (Å²) in [5.74, 6) is 20.5. The number of hydrogen-bond donors (Lipinski definition) is 6. The maximum Gasteiger partial charge on any atom is 0.150 e. The van der Waals surface area contributed by atoms with E-state index in [0.29, 0.717) is 154 Å². The average molecular weight is 1890 g/mol. The van der Waals surface area contributed by atoms with Crippen molar-refractivity contribution in [2.24, 2.45) is 205 Å². The molecule has 2 aliphatic heterocycles. The lowest BCUT2D eigenvalue weighted by molar-refractivity contribution is -0.150. The number of alkyl halides is 1. The summed E-state index contributed by atoms with van der Waals surface area (Å²) in [5, 5.41) is 63.1. The summed E-state index contributed by atoms with van der Waals surface area (Å²) in [6.07, 6.45) is 55.2. The number of aliphatic hydroxyl groups is 6. The Morgan fingerprint density at radius 1 is 0.311 bits per heavy atom. The molecule has 0 unspecified atom stereocenters. The van der Waals surface area contributed by atoms with Crippen LogP contribution in [0.3, 0.4) is 0 Å². The van der Waals surface area contributed by atoms with Crippen molar-refractivity contribution in [3.63, 3.8) is 0 Å². The average Bonchev–Trinajstić information content (AvgIpc) is 1.57. The minimum absolute atomic E-state index is 0.0874. The Kier molecular flexibility index (Phi) is 29.1. The van der Waals surface area contributed by atoms with E-state index in [1.165, 1.54) is 199 Å². The van der Waals surface area contributed by atoms with E-state index in [2.05, 4.69) is 93.9 Å². The molecule has 20 saturated carbocycles. The number of rotatable bonds is 11. The normalized spacial score (nSPS) is 51.8. The van der Waals surface area contributed by atoms with Gasteiger partial charge in [-0.2, -0.15) is 0 Å². The summed E-state index contributed by atoms with van der Waals surface area (Å²) >= 11 is 3.62. The first-order valence-corrected chi connectivity index (χ1v) is 57.5. The van der Waals surface area contributed by atoms with Crippen LogP contribution >= 0.6 is 15.9 Å². The Morgan fingerprint density at radius 2 is 0.591 bits per heavy atom. The van der Waals surface area contributed by atoms with Crippen LogP contribution in [-0.4, -0.2) is 149 Å². The second-order valence-corrected chi connectivity index (χ2v) is 55.1. The molecule has 0 aromatic rings. The predicted octanol–water partition coefficient (Wildman–Crippen LogP) is 23.8. The van der Waals surface area contributed by atoms with Crippen molar-refractivity contribution in [1.29, 1.82) is 0 Å². The van der Waals surface area contributed by atoms with Gasteiger partial charge in [0, 0.05) is 60.7 Å². The van der Waals surface area contributed by atoms with Gasteiger partial charge in [-0.1, -0.05) is 94.3 Å². The zero-order valence-corrected chi connectivity index (χ0v) is 86.6. The summed E-state index contributed by atoms with van der Waals surface area (Å²) in [7, 11) is 0. The van der Waals surface area contributed by atoms with Crippen LogP contribution in [0.5, 0.6) is 0 Å². The second-order valence-electron chi connectivity index (χ2n) is 54.6. The molecule has 0 amide bonds. The van der Waals surface area contributed by atoms with E-state index in [1.807, 2.05) is 20.8 Å². The number of carbonyl (C=O) groups is 5. The van der Waals surface area contributed by atoms with E-state index in [1.54, 1.807) is 12.5 Å². The van der Waals surface area contributed by atoms with E-state index in [0.717, 1.165) is 205 Å². The zero-order chi connectivity index (χ0) is 93.7. The lowest BCUT2D eigenvalue weighted by atomic mass is 9.48. The molecule has 22 aliphatic rings. The van der Waals surface area contributed by atoms with E-state index in [4.69, 9.17) is 0 Å².